The molecule has 8 nitrogen and oxygen atoms in total. The van der Waals surface area contributed by atoms with Gasteiger partial charge in [-0.2, -0.15) is 0 Å². The molecular formula is C20H29N3O5. The minimum Gasteiger partial charge on any atom is -0.481 e. The molecule has 2 fully saturated rings. The van der Waals surface area contributed by atoms with Crippen molar-refractivity contribution in [2.24, 2.45) is 17.3 Å². The topological polar surface area (TPSA) is 132 Å². The molecule has 0 aromatic carbocycles. The lowest BCUT2D eigenvalue weighted by molar-refractivity contribution is -0.144. The SMILES string of the molecule is O=C(O)C1CCC(NC(=O)C2(CC(Cc3ncc[nH]3)C(=O)O)CCCC2)CC1. The lowest BCUT2D eigenvalue weighted by atomic mass is 9.75. The summed E-state index contributed by atoms with van der Waals surface area (Å²) >= 11 is 0. The average Bonchev–Trinajstić information content (AvgIpc) is 3.34. The molecule has 154 valence electrons. The van der Waals surface area contributed by atoms with Crippen LogP contribution in [0.25, 0.3) is 0 Å². The fourth-order valence-electron chi connectivity index (χ4n) is 4.76. The lowest BCUT2D eigenvalue weighted by Crippen LogP contribution is -2.47. The van der Waals surface area contributed by atoms with Gasteiger partial charge in [-0.25, -0.2) is 4.98 Å². The van der Waals surface area contributed by atoms with Crippen LogP contribution >= 0.6 is 0 Å². The van der Waals surface area contributed by atoms with Crippen molar-refractivity contribution >= 4 is 17.8 Å². The van der Waals surface area contributed by atoms with E-state index in [9.17, 15) is 19.5 Å². The number of carboxylic acid groups (broad SMARTS) is 2. The van der Waals surface area contributed by atoms with Crippen molar-refractivity contribution in [1.82, 2.24) is 15.3 Å². The third kappa shape index (κ3) is 4.72. The van der Waals surface area contributed by atoms with Gasteiger partial charge in [-0.05, 0) is 44.9 Å². The van der Waals surface area contributed by atoms with Crippen LogP contribution in [-0.4, -0.2) is 44.1 Å². The summed E-state index contributed by atoms with van der Waals surface area (Å²) in [6.07, 6.45) is 9.56. The van der Waals surface area contributed by atoms with Crippen molar-refractivity contribution < 1.29 is 24.6 Å². The maximum absolute atomic E-state index is 13.2. The molecule has 0 bridgehead atoms. The number of hydrogen-bond donors (Lipinski definition) is 4. The zero-order valence-corrected chi connectivity index (χ0v) is 16.0. The number of imidazole rings is 1. The number of hydrogen-bond acceptors (Lipinski definition) is 4. The van der Waals surface area contributed by atoms with Crippen LogP contribution in [0.5, 0.6) is 0 Å². The fourth-order valence-corrected chi connectivity index (χ4v) is 4.76. The third-order valence-electron chi connectivity index (χ3n) is 6.43. The van der Waals surface area contributed by atoms with Crippen LogP contribution in [0, 0.1) is 17.3 Å². The molecule has 1 aromatic rings. The van der Waals surface area contributed by atoms with Gasteiger partial charge in [-0.1, -0.05) is 12.8 Å². The van der Waals surface area contributed by atoms with Gasteiger partial charge in [0.2, 0.25) is 5.91 Å². The highest BCUT2D eigenvalue weighted by Gasteiger charge is 2.45. The highest BCUT2D eigenvalue weighted by molar-refractivity contribution is 5.84. The van der Waals surface area contributed by atoms with Gasteiger partial charge in [0, 0.05) is 24.9 Å². The molecule has 28 heavy (non-hydrogen) atoms. The molecule has 4 N–H and O–H groups in total. The van der Waals surface area contributed by atoms with Gasteiger partial charge in [0.15, 0.2) is 0 Å². The third-order valence-corrected chi connectivity index (χ3v) is 6.43. The Hall–Kier alpha value is -2.38. The number of nitrogens with zero attached hydrogens (tertiary/aromatic N) is 1. The molecule has 8 heteroatoms. The Balaban J connectivity index is 1.64. The van der Waals surface area contributed by atoms with Crippen LogP contribution in [0.3, 0.4) is 0 Å². The number of aromatic nitrogens is 2. The summed E-state index contributed by atoms with van der Waals surface area (Å²) in [7, 11) is 0. The molecule has 1 atom stereocenters. The van der Waals surface area contributed by atoms with E-state index in [2.05, 4.69) is 15.3 Å². The molecule has 3 rings (SSSR count). The van der Waals surface area contributed by atoms with E-state index >= 15 is 0 Å². The van der Waals surface area contributed by atoms with Gasteiger partial charge in [0.05, 0.1) is 17.3 Å². The van der Waals surface area contributed by atoms with E-state index in [-0.39, 0.29) is 24.3 Å². The maximum Gasteiger partial charge on any atom is 0.306 e. The molecule has 1 amide bonds. The molecule has 1 aromatic heterocycles. The van der Waals surface area contributed by atoms with Crippen molar-refractivity contribution in [1.29, 1.82) is 0 Å². The number of carboxylic acids is 2. The van der Waals surface area contributed by atoms with Crippen molar-refractivity contribution in [3.8, 4) is 0 Å². The Bertz CT molecular complexity index is 689. The molecule has 0 radical (unpaired) electrons. The van der Waals surface area contributed by atoms with E-state index < -0.39 is 23.3 Å². The first-order chi connectivity index (χ1) is 13.4. The van der Waals surface area contributed by atoms with Gasteiger partial charge >= 0.3 is 11.9 Å². The first kappa shape index (κ1) is 20.4. The summed E-state index contributed by atoms with van der Waals surface area (Å²) in [5, 5.41) is 21.9. The lowest BCUT2D eigenvalue weighted by Gasteiger charge is -2.34. The number of amides is 1. The van der Waals surface area contributed by atoms with Crippen LogP contribution in [-0.2, 0) is 20.8 Å². The van der Waals surface area contributed by atoms with E-state index in [0.29, 0.717) is 50.8 Å². The fraction of sp³-hybridized carbons (Fsp3) is 0.700. The zero-order chi connectivity index (χ0) is 20.1. The predicted molar refractivity (Wildman–Crippen MR) is 100 cm³/mol. The van der Waals surface area contributed by atoms with Crippen molar-refractivity contribution in [3.05, 3.63) is 18.2 Å². The smallest absolute Gasteiger partial charge is 0.306 e. The number of aliphatic carboxylic acids is 2. The van der Waals surface area contributed by atoms with Gasteiger partial charge in [-0.3, -0.25) is 14.4 Å². The Morgan fingerprint density at radius 1 is 1.18 bits per heavy atom. The maximum atomic E-state index is 13.2. The van der Waals surface area contributed by atoms with Gasteiger partial charge < -0.3 is 20.5 Å². The van der Waals surface area contributed by atoms with Crippen molar-refractivity contribution in [2.45, 2.75) is 70.3 Å². The highest BCUT2D eigenvalue weighted by Crippen LogP contribution is 2.44. The molecule has 1 heterocycles. The van der Waals surface area contributed by atoms with E-state index in [1.165, 1.54) is 0 Å². The number of carbonyl (C=O) groups excluding carboxylic acids is 1. The summed E-state index contributed by atoms with van der Waals surface area (Å²) in [4.78, 5) is 43.2. The van der Waals surface area contributed by atoms with Crippen LogP contribution in [0.15, 0.2) is 12.4 Å². The van der Waals surface area contributed by atoms with Crippen molar-refractivity contribution in [2.75, 3.05) is 0 Å². The van der Waals surface area contributed by atoms with E-state index in [0.717, 1.165) is 12.8 Å². The van der Waals surface area contributed by atoms with E-state index in [1.807, 2.05) is 0 Å². The van der Waals surface area contributed by atoms with Crippen LogP contribution in [0.1, 0.15) is 63.6 Å². The summed E-state index contributed by atoms with van der Waals surface area (Å²) in [6.45, 7) is 0. The van der Waals surface area contributed by atoms with Crippen molar-refractivity contribution in [3.63, 3.8) is 0 Å². The number of aromatic amines is 1. The van der Waals surface area contributed by atoms with Crippen LogP contribution in [0.2, 0.25) is 0 Å². The normalized spacial score (nSPS) is 25.1. The molecular weight excluding hydrogens is 362 g/mol. The van der Waals surface area contributed by atoms with Gasteiger partial charge in [0.25, 0.3) is 0 Å². The first-order valence-corrected chi connectivity index (χ1v) is 10.1. The molecule has 0 aliphatic heterocycles. The summed E-state index contributed by atoms with van der Waals surface area (Å²) in [6, 6.07) is -0.0195. The predicted octanol–water partition coefficient (Wildman–Crippen LogP) is 2.36. The second kappa shape index (κ2) is 8.75. The molecule has 0 saturated heterocycles. The number of nitrogens with one attached hydrogen (secondary N) is 2. The number of H-pyrrole nitrogens is 1. The molecule has 2 aliphatic carbocycles. The van der Waals surface area contributed by atoms with Gasteiger partial charge in [0.1, 0.15) is 5.82 Å². The second-order valence-corrected chi connectivity index (χ2v) is 8.33. The minimum atomic E-state index is -0.905. The monoisotopic (exact) mass is 391 g/mol. The van der Waals surface area contributed by atoms with Gasteiger partial charge in [-0.15, -0.1) is 0 Å². The Morgan fingerprint density at radius 3 is 2.39 bits per heavy atom. The molecule has 2 saturated carbocycles. The van der Waals surface area contributed by atoms with Crippen LogP contribution in [0.4, 0.5) is 0 Å². The zero-order valence-electron chi connectivity index (χ0n) is 16.0. The molecule has 2 aliphatic rings. The Kier molecular flexibility index (Phi) is 6.36. The standard InChI is InChI=1S/C20H29N3O5/c24-17(25)13-3-5-15(6-4-13)23-19(28)20(7-1-2-8-20)12-14(18(26)27)11-16-21-9-10-22-16/h9-10,13-15H,1-8,11-12H2,(H,21,22)(H,23,28)(H,24,25)(H,26,27). The number of rotatable bonds is 8. The summed E-state index contributed by atoms with van der Waals surface area (Å²) < 4.78 is 0. The summed E-state index contributed by atoms with van der Waals surface area (Å²) in [5.74, 6) is -2.10. The second-order valence-electron chi connectivity index (χ2n) is 8.33. The van der Waals surface area contributed by atoms with E-state index in [4.69, 9.17) is 5.11 Å². The minimum absolute atomic E-state index is 0.0195. The summed E-state index contributed by atoms with van der Waals surface area (Å²) in [5.41, 5.74) is -0.653. The largest absolute Gasteiger partial charge is 0.481 e. The van der Waals surface area contributed by atoms with E-state index in [1.54, 1.807) is 12.4 Å². The molecule has 1 unspecified atom stereocenters. The highest BCUT2D eigenvalue weighted by atomic mass is 16.4. The number of carbonyl (C=O) groups is 3. The van der Waals surface area contributed by atoms with Crippen LogP contribution < -0.4 is 5.32 Å². The first-order valence-electron chi connectivity index (χ1n) is 10.1. The Morgan fingerprint density at radius 2 is 1.86 bits per heavy atom. The quantitative estimate of drug-likeness (QED) is 0.538. The Labute approximate surface area is 164 Å². The average molecular weight is 391 g/mol. The molecule has 0 spiro atoms.